The Morgan fingerprint density at radius 2 is 1.83 bits per heavy atom. The van der Waals surface area contributed by atoms with Gasteiger partial charge in [-0.15, -0.1) is 0 Å². The van der Waals surface area contributed by atoms with E-state index in [1.165, 1.54) is 0 Å². The zero-order chi connectivity index (χ0) is 19.8. The van der Waals surface area contributed by atoms with Crippen molar-refractivity contribution in [3.8, 4) is 16.9 Å². The average molecular weight is 427 g/mol. The van der Waals surface area contributed by atoms with Crippen LogP contribution in [-0.4, -0.2) is 16.3 Å². The highest BCUT2D eigenvalue weighted by atomic mass is 35.5. The number of hydrogen-bond acceptors (Lipinski definition) is 4. The van der Waals surface area contributed by atoms with Crippen LogP contribution in [0.3, 0.4) is 0 Å². The van der Waals surface area contributed by atoms with Gasteiger partial charge in [0.05, 0.1) is 18.9 Å². The summed E-state index contributed by atoms with van der Waals surface area (Å²) >= 11 is 12.4. The van der Waals surface area contributed by atoms with Gasteiger partial charge in [-0.05, 0) is 61.6 Å². The van der Waals surface area contributed by atoms with Gasteiger partial charge in [0.25, 0.3) is 0 Å². The summed E-state index contributed by atoms with van der Waals surface area (Å²) in [5.41, 5.74) is 3.30. The first-order valence-corrected chi connectivity index (χ1v) is 10.6. The van der Waals surface area contributed by atoms with Gasteiger partial charge in [-0.3, -0.25) is 0 Å². The molecule has 3 aromatic rings. The van der Waals surface area contributed by atoms with Crippen LogP contribution in [0.2, 0.25) is 10.0 Å². The summed E-state index contributed by atoms with van der Waals surface area (Å²) in [6, 6.07) is 15.5. The number of nitrogens with zero attached hydrogens (tertiary/aromatic N) is 2. The number of halogens is 2. The van der Waals surface area contributed by atoms with Crippen molar-refractivity contribution < 1.29 is 9.47 Å². The second-order valence-corrected chi connectivity index (χ2v) is 8.47. The molecule has 0 unspecified atom stereocenters. The summed E-state index contributed by atoms with van der Waals surface area (Å²) < 4.78 is 12.5. The molecular formula is C23H20Cl2N2O2. The van der Waals surface area contributed by atoms with Gasteiger partial charge in [0.1, 0.15) is 17.0 Å². The van der Waals surface area contributed by atoms with Gasteiger partial charge in [-0.2, -0.15) is 10.2 Å². The Morgan fingerprint density at radius 1 is 1.00 bits per heavy atom. The first kappa shape index (κ1) is 18.9. The Bertz CT molecular complexity index is 1050. The fourth-order valence-corrected chi connectivity index (χ4v) is 3.84. The largest absolute Gasteiger partial charge is 0.490 e. The van der Waals surface area contributed by atoms with E-state index in [-0.39, 0.29) is 0 Å². The van der Waals surface area contributed by atoms with Crippen molar-refractivity contribution in [3.63, 3.8) is 0 Å². The van der Waals surface area contributed by atoms with E-state index in [1.807, 2.05) is 30.3 Å². The van der Waals surface area contributed by atoms with Crippen molar-refractivity contribution >= 4 is 23.2 Å². The van der Waals surface area contributed by atoms with Crippen LogP contribution < -0.4 is 4.74 Å². The highest BCUT2D eigenvalue weighted by Gasteiger charge is 2.49. The molecule has 5 rings (SSSR count). The topological polar surface area (TPSA) is 44.2 Å². The molecule has 2 aliphatic rings. The summed E-state index contributed by atoms with van der Waals surface area (Å²) in [6.07, 6.45) is 6.05. The maximum Gasteiger partial charge on any atom is 0.127 e. The van der Waals surface area contributed by atoms with Crippen LogP contribution in [-0.2, 0) is 16.9 Å². The smallest absolute Gasteiger partial charge is 0.127 e. The van der Waals surface area contributed by atoms with Gasteiger partial charge in [0, 0.05) is 21.2 Å². The third-order valence-electron chi connectivity index (χ3n) is 5.36. The lowest BCUT2D eigenvalue weighted by Gasteiger charge is -2.20. The summed E-state index contributed by atoms with van der Waals surface area (Å²) in [5, 5.41) is 9.93. The number of hydrogen-bond donors (Lipinski definition) is 0. The molecule has 0 aliphatic heterocycles. The SMILES string of the molecule is Clc1ccc(Cl)c(COC2(c3nnccc3-c3ccccc3OC3CC3)CC2)c1. The average Bonchev–Trinajstić information content (AvgIpc) is 3.66. The third kappa shape index (κ3) is 3.97. The summed E-state index contributed by atoms with van der Waals surface area (Å²) in [7, 11) is 0. The lowest BCUT2D eigenvalue weighted by molar-refractivity contribution is 0.0141. The normalized spacial score (nSPS) is 17.2. The molecule has 4 nitrogen and oxygen atoms in total. The minimum absolute atomic E-state index is 0.325. The van der Waals surface area contributed by atoms with E-state index in [1.54, 1.807) is 18.3 Å². The van der Waals surface area contributed by atoms with Crippen molar-refractivity contribution in [2.75, 3.05) is 0 Å². The zero-order valence-electron chi connectivity index (χ0n) is 15.8. The van der Waals surface area contributed by atoms with Crippen LogP contribution >= 0.6 is 23.2 Å². The fourth-order valence-electron chi connectivity index (χ4n) is 3.48. The molecule has 0 atom stereocenters. The lowest BCUT2D eigenvalue weighted by Crippen LogP contribution is -2.16. The molecule has 0 saturated heterocycles. The van der Waals surface area contributed by atoms with Gasteiger partial charge < -0.3 is 9.47 Å². The molecule has 2 fully saturated rings. The number of rotatable bonds is 7. The first-order chi connectivity index (χ1) is 14.1. The molecule has 1 aromatic heterocycles. The minimum Gasteiger partial charge on any atom is -0.490 e. The summed E-state index contributed by atoms with van der Waals surface area (Å²) in [5.74, 6) is 0.887. The van der Waals surface area contributed by atoms with Gasteiger partial charge in [-0.25, -0.2) is 0 Å². The molecule has 148 valence electrons. The monoisotopic (exact) mass is 426 g/mol. The molecule has 0 amide bonds. The Morgan fingerprint density at radius 3 is 2.62 bits per heavy atom. The molecule has 0 N–H and O–H groups in total. The second kappa shape index (κ2) is 7.60. The molecule has 0 radical (unpaired) electrons. The Labute approximate surface area is 179 Å². The standard InChI is InChI=1S/C23H20Cl2N2O2/c24-16-5-8-20(25)15(13-16)14-28-23(10-11-23)22-19(9-12-26-27-22)18-3-1-2-4-21(18)29-17-6-7-17/h1-5,8-9,12-13,17H,6-7,10-11,14H2. The maximum atomic E-state index is 6.36. The van der Waals surface area contributed by atoms with E-state index < -0.39 is 5.60 Å². The summed E-state index contributed by atoms with van der Waals surface area (Å²) in [4.78, 5) is 0. The third-order valence-corrected chi connectivity index (χ3v) is 5.97. The number of ether oxygens (including phenoxy) is 2. The second-order valence-electron chi connectivity index (χ2n) is 7.63. The van der Waals surface area contributed by atoms with Crippen molar-refractivity contribution in [1.29, 1.82) is 0 Å². The van der Waals surface area contributed by atoms with Crippen LogP contribution in [0.15, 0.2) is 54.7 Å². The van der Waals surface area contributed by atoms with Crippen molar-refractivity contribution in [1.82, 2.24) is 10.2 Å². The number of aromatic nitrogens is 2. The van der Waals surface area contributed by atoms with Crippen LogP contribution in [0.5, 0.6) is 5.75 Å². The van der Waals surface area contributed by atoms with Crippen molar-refractivity contribution in [2.24, 2.45) is 0 Å². The van der Waals surface area contributed by atoms with E-state index in [4.69, 9.17) is 32.7 Å². The van der Waals surface area contributed by atoms with Crippen LogP contribution in [0.4, 0.5) is 0 Å². The van der Waals surface area contributed by atoms with E-state index >= 15 is 0 Å². The van der Waals surface area contributed by atoms with E-state index in [0.29, 0.717) is 22.8 Å². The van der Waals surface area contributed by atoms with Crippen LogP contribution in [0.1, 0.15) is 36.9 Å². The van der Waals surface area contributed by atoms with Gasteiger partial charge in [-0.1, -0.05) is 41.4 Å². The Kier molecular flexibility index (Phi) is 4.94. The predicted octanol–water partition coefficient (Wildman–Crippen LogP) is 6.20. The molecule has 0 spiro atoms. The molecule has 2 aliphatic carbocycles. The number of benzene rings is 2. The van der Waals surface area contributed by atoms with Gasteiger partial charge in [0.2, 0.25) is 0 Å². The predicted molar refractivity (Wildman–Crippen MR) is 113 cm³/mol. The van der Waals surface area contributed by atoms with E-state index in [0.717, 1.165) is 53.8 Å². The van der Waals surface area contributed by atoms with Gasteiger partial charge in [0.15, 0.2) is 0 Å². The highest BCUT2D eigenvalue weighted by molar-refractivity contribution is 6.33. The molecule has 6 heteroatoms. The quantitative estimate of drug-likeness (QED) is 0.451. The molecule has 29 heavy (non-hydrogen) atoms. The van der Waals surface area contributed by atoms with Crippen LogP contribution in [0.25, 0.3) is 11.1 Å². The van der Waals surface area contributed by atoms with E-state index in [9.17, 15) is 0 Å². The van der Waals surface area contributed by atoms with Gasteiger partial charge >= 0.3 is 0 Å². The van der Waals surface area contributed by atoms with Crippen LogP contribution in [0, 0.1) is 0 Å². The molecule has 1 heterocycles. The number of para-hydroxylation sites is 1. The highest BCUT2D eigenvalue weighted by Crippen LogP contribution is 2.52. The van der Waals surface area contributed by atoms with Crippen molar-refractivity contribution in [3.05, 3.63) is 76.0 Å². The molecule has 2 saturated carbocycles. The Hall–Kier alpha value is -2.14. The Balaban J connectivity index is 1.46. The van der Waals surface area contributed by atoms with E-state index in [2.05, 4.69) is 16.3 Å². The maximum absolute atomic E-state index is 6.36. The minimum atomic E-state index is -0.456. The first-order valence-electron chi connectivity index (χ1n) is 9.81. The fraction of sp³-hybridized carbons (Fsp3) is 0.304. The lowest BCUT2D eigenvalue weighted by atomic mass is 9.99. The molecule has 2 aromatic carbocycles. The zero-order valence-corrected chi connectivity index (χ0v) is 17.3. The summed E-state index contributed by atoms with van der Waals surface area (Å²) in [6.45, 7) is 0.371. The molecular weight excluding hydrogens is 407 g/mol. The van der Waals surface area contributed by atoms with Crippen molar-refractivity contribution in [2.45, 2.75) is 44.0 Å². The molecule has 0 bridgehead atoms.